The number of likely N-dealkylation sites (tertiary alicyclic amines) is 1. The van der Waals surface area contributed by atoms with Gasteiger partial charge in [-0.3, -0.25) is 9.59 Å². The molecule has 1 aliphatic rings. The second-order valence-corrected chi connectivity index (χ2v) is 6.34. The van der Waals surface area contributed by atoms with Gasteiger partial charge in [0.1, 0.15) is 0 Å². The van der Waals surface area contributed by atoms with Gasteiger partial charge in [0, 0.05) is 32.0 Å². The van der Waals surface area contributed by atoms with Crippen LogP contribution in [0.2, 0.25) is 0 Å². The van der Waals surface area contributed by atoms with Crippen molar-refractivity contribution in [1.29, 1.82) is 0 Å². The van der Waals surface area contributed by atoms with Crippen LogP contribution in [0.15, 0.2) is 0 Å². The van der Waals surface area contributed by atoms with E-state index in [-0.39, 0.29) is 29.2 Å². The summed E-state index contributed by atoms with van der Waals surface area (Å²) < 4.78 is 0. The lowest BCUT2D eigenvalue weighted by Crippen LogP contribution is -2.48. The van der Waals surface area contributed by atoms with Gasteiger partial charge in [0.2, 0.25) is 11.8 Å². The fraction of sp³-hybridized carbons (Fsp3) is 0.857. The maximum atomic E-state index is 12.2. The fourth-order valence-electron chi connectivity index (χ4n) is 2.39. The molecule has 4 heteroatoms. The van der Waals surface area contributed by atoms with Crippen LogP contribution < -0.4 is 5.32 Å². The predicted molar refractivity (Wildman–Crippen MR) is 72.0 cm³/mol. The molecule has 1 fully saturated rings. The molecule has 0 aromatic heterocycles. The zero-order chi connectivity index (χ0) is 13.9. The minimum absolute atomic E-state index is 0.0400. The average molecular weight is 254 g/mol. The largest absolute Gasteiger partial charge is 0.353 e. The number of rotatable bonds is 3. The van der Waals surface area contributed by atoms with Crippen molar-refractivity contribution >= 4 is 11.8 Å². The van der Waals surface area contributed by atoms with Crippen molar-refractivity contribution in [2.45, 2.75) is 53.0 Å². The molecule has 4 nitrogen and oxygen atoms in total. The number of hydrogen-bond acceptors (Lipinski definition) is 2. The van der Waals surface area contributed by atoms with Crippen molar-refractivity contribution in [3.8, 4) is 0 Å². The Morgan fingerprint density at radius 1 is 1.50 bits per heavy atom. The summed E-state index contributed by atoms with van der Waals surface area (Å²) in [6, 6.07) is 0.166. The SMILES string of the molecule is CC[C@@H](NC(=O)C1CCN(C)C(=O)C1)C(C)(C)C. The molecule has 0 aromatic carbocycles. The summed E-state index contributed by atoms with van der Waals surface area (Å²) >= 11 is 0. The summed E-state index contributed by atoms with van der Waals surface area (Å²) in [5, 5.41) is 3.10. The van der Waals surface area contributed by atoms with Gasteiger partial charge in [0.05, 0.1) is 0 Å². The molecule has 0 radical (unpaired) electrons. The molecule has 0 aromatic rings. The summed E-state index contributed by atoms with van der Waals surface area (Å²) in [5.74, 6) is -0.0338. The molecule has 0 bridgehead atoms. The van der Waals surface area contributed by atoms with Crippen molar-refractivity contribution in [3.63, 3.8) is 0 Å². The molecule has 1 rings (SSSR count). The third-order valence-corrected chi connectivity index (χ3v) is 3.80. The summed E-state index contributed by atoms with van der Waals surface area (Å²) in [6.45, 7) is 9.14. The van der Waals surface area contributed by atoms with Gasteiger partial charge in [-0.25, -0.2) is 0 Å². The Labute approximate surface area is 110 Å². The summed E-state index contributed by atoms with van der Waals surface area (Å²) in [6.07, 6.45) is 2.04. The van der Waals surface area contributed by atoms with Crippen LogP contribution in [0.5, 0.6) is 0 Å². The molecule has 2 amide bonds. The molecule has 1 aliphatic heterocycles. The summed E-state index contributed by atoms with van der Waals surface area (Å²) in [4.78, 5) is 25.5. The van der Waals surface area contributed by atoms with Gasteiger partial charge in [-0.15, -0.1) is 0 Å². The van der Waals surface area contributed by atoms with Crippen LogP contribution in [0.25, 0.3) is 0 Å². The number of nitrogens with zero attached hydrogens (tertiary/aromatic N) is 1. The maximum Gasteiger partial charge on any atom is 0.223 e. The Balaban J connectivity index is 2.58. The van der Waals surface area contributed by atoms with E-state index in [0.717, 1.165) is 12.8 Å². The Bertz CT molecular complexity index is 320. The lowest BCUT2D eigenvalue weighted by molar-refractivity contribution is -0.139. The highest BCUT2D eigenvalue weighted by atomic mass is 16.2. The third-order valence-electron chi connectivity index (χ3n) is 3.80. The zero-order valence-corrected chi connectivity index (χ0v) is 12.2. The van der Waals surface area contributed by atoms with Crippen LogP contribution in [-0.4, -0.2) is 36.3 Å². The third kappa shape index (κ3) is 3.72. The van der Waals surface area contributed by atoms with Crippen molar-refractivity contribution in [1.82, 2.24) is 10.2 Å². The molecule has 1 heterocycles. The quantitative estimate of drug-likeness (QED) is 0.835. The van der Waals surface area contributed by atoms with Gasteiger partial charge in [-0.1, -0.05) is 27.7 Å². The number of piperidine rings is 1. The topological polar surface area (TPSA) is 49.4 Å². The number of nitrogens with one attached hydrogen (secondary N) is 1. The molecule has 0 aliphatic carbocycles. The Hall–Kier alpha value is -1.06. The highest BCUT2D eigenvalue weighted by molar-refractivity contribution is 5.87. The molecule has 18 heavy (non-hydrogen) atoms. The standard InChI is InChI=1S/C14H26N2O2/c1-6-11(14(2,3)4)15-13(18)10-7-8-16(5)12(17)9-10/h10-11H,6-9H2,1-5H3,(H,15,18)/t10?,11-/m1/s1. The van der Waals surface area contributed by atoms with Gasteiger partial charge >= 0.3 is 0 Å². The highest BCUT2D eigenvalue weighted by Gasteiger charge is 2.31. The normalized spacial score (nSPS) is 22.8. The average Bonchev–Trinajstić information content (AvgIpc) is 2.27. The van der Waals surface area contributed by atoms with E-state index in [4.69, 9.17) is 0 Å². The van der Waals surface area contributed by atoms with E-state index in [9.17, 15) is 9.59 Å². The number of carbonyl (C=O) groups excluding carboxylic acids is 2. The number of amides is 2. The van der Waals surface area contributed by atoms with Gasteiger partial charge in [0.15, 0.2) is 0 Å². The van der Waals surface area contributed by atoms with Gasteiger partial charge in [-0.05, 0) is 18.3 Å². The summed E-state index contributed by atoms with van der Waals surface area (Å²) in [5.41, 5.74) is 0.0554. The molecule has 0 spiro atoms. The predicted octanol–water partition coefficient (Wildman–Crippen LogP) is 1.80. The van der Waals surface area contributed by atoms with E-state index < -0.39 is 0 Å². The molecular formula is C14H26N2O2. The van der Waals surface area contributed by atoms with Crippen LogP contribution in [0, 0.1) is 11.3 Å². The number of hydrogen-bond donors (Lipinski definition) is 1. The van der Waals surface area contributed by atoms with Crippen LogP contribution in [0.3, 0.4) is 0 Å². The number of carbonyl (C=O) groups is 2. The van der Waals surface area contributed by atoms with Crippen molar-refractivity contribution < 1.29 is 9.59 Å². The Morgan fingerprint density at radius 2 is 2.11 bits per heavy atom. The lowest BCUT2D eigenvalue weighted by Gasteiger charge is -2.34. The molecular weight excluding hydrogens is 228 g/mol. The molecule has 1 N–H and O–H groups in total. The van der Waals surface area contributed by atoms with E-state index >= 15 is 0 Å². The molecule has 1 unspecified atom stereocenters. The first kappa shape index (κ1) is 15.0. The van der Waals surface area contributed by atoms with Crippen LogP contribution in [0.1, 0.15) is 47.0 Å². The van der Waals surface area contributed by atoms with Crippen molar-refractivity contribution in [3.05, 3.63) is 0 Å². The highest BCUT2D eigenvalue weighted by Crippen LogP contribution is 2.23. The van der Waals surface area contributed by atoms with E-state index in [1.165, 1.54) is 0 Å². The Morgan fingerprint density at radius 3 is 2.56 bits per heavy atom. The molecule has 2 atom stereocenters. The second-order valence-electron chi connectivity index (χ2n) is 6.34. The smallest absolute Gasteiger partial charge is 0.223 e. The first-order valence-electron chi connectivity index (χ1n) is 6.80. The van der Waals surface area contributed by atoms with E-state index in [1.807, 2.05) is 0 Å². The first-order valence-corrected chi connectivity index (χ1v) is 6.80. The zero-order valence-electron chi connectivity index (χ0n) is 12.2. The van der Waals surface area contributed by atoms with E-state index in [0.29, 0.717) is 13.0 Å². The first-order chi connectivity index (χ1) is 8.25. The monoisotopic (exact) mass is 254 g/mol. The Kier molecular flexibility index (Phi) is 4.77. The van der Waals surface area contributed by atoms with Gasteiger partial charge < -0.3 is 10.2 Å². The maximum absolute atomic E-state index is 12.2. The molecule has 0 saturated carbocycles. The molecule has 1 saturated heterocycles. The van der Waals surface area contributed by atoms with Crippen LogP contribution in [-0.2, 0) is 9.59 Å². The van der Waals surface area contributed by atoms with Gasteiger partial charge in [0.25, 0.3) is 0 Å². The van der Waals surface area contributed by atoms with Crippen LogP contribution >= 0.6 is 0 Å². The summed E-state index contributed by atoms with van der Waals surface area (Å²) in [7, 11) is 1.79. The fourth-order valence-corrected chi connectivity index (χ4v) is 2.39. The van der Waals surface area contributed by atoms with Crippen LogP contribution in [0.4, 0.5) is 0 Å². The lowest BCUT2D eigenvalue weighted by atomic mass is 9.84. The van der Waals surface area contributed by atoms with Gasteiger partial charge in [-0.2, -0.15) is 0 Å². The minimum atomic E-state index is -0.148. The minimum Gasteiger partial charge on any atom is -0.353 e. The van der Waals surface area contributed by atoms with E-state index in [1.54, 1.807) is 11.9 Å². The van der Waals surface area contributed by atoms with Crippen molar-refractivity contribution in [2.75, 3.05) is 13.6 Å². The van der Waals surface area contributed by atoms with E-state index in [2.05, 4.69) is 33.0 Å². The van der Waals surface area contributed by atoms with Crippen molar-refractivity contribution in [2.24, 2.45) is 11.3 Å². The second kappa shape index (κ2) is 5.72. The molecule has 104 valence electrons.